The van der Waals surface area contributed by atoms with Gasteiger partial charge in [0.1, 0.15) is 29.7 Å². The van der Waals surface area contributed by atoms with Crippen LogP contribution in [0.3, 0.4) is 0 Å². The predicted octanol–water partition coefficient (Wildman–Crippen LogP) is 3.43. The summed E-state index contributed by atoms with van der Waals surface area (Å²) in [6.45, 7) is 1.97. The van der Waals surface area contributed by atoms with Crippen molar-refractivity contribution in [1.29, 1.82) is 0 Å². The van der Waals surface area contributed by atoms with Crippen LogP contribution in [-0.4, -0.2) is 49.8 Å². The molecule has 1 heterocycles. The lowest BCUT2D eigenvalue weighted by molar-refractivity contribution is -0.136. The van der Waals surface area contributed by atoms with Gasteiger partial charge in [0.15, 0.2) is 6.61 Å². The number of amides is 1. The van der Waals surface area contributed by atoms with Crippen LogP contribution >= 0.6 is 0 Å². The van der Waals surface area contributed by atoms with Crippen molar-refractivity contribution in [3.05, 3.63) is 60.2 Å². The summed E-state index contributed by atoms with van der Waals surface area (Å²) in [5.74, 6) is 0.333. The zero-order valence-corrected chi connectivity index (χ0v) is 15.5. The second-order valence-corrected chi connectivity index (χ2v) is 6.50. The monoisotopic (exact) mass is 391 g/mol. The van der Waals surface area contributed by atoms with Crippen LogP contribution in [0.25, 0.3) is 0 Å². The number of carbonyl (C=O) groups excluding carboxylic acids is 1. The third kappa shape index (κ3) is 6.20. The van der Waals surface area contributed by atoms with Gasteiger partial charge >= 0.3 is 0 Å². The molecule has 0 saturated carbocycles. The SMILES string of the molecule is O=C(COc1ccc(F)cc1)N1CCC(OCCOc2ccc(F)cc2)CC1. The zero-order chi connectivity index (χ0) is 19.8. The molecule has 2 aromatic carbocycles. The number of rotatable bonds is 8. The molecule has 28 heavy (non-hydrogen) atoms. The summed E-state index contributed by atoms with van der Waals surface area (Å²) in [5.41, 5.74) is 0. The Balaban J connectivity index is 1.29. The molecule has 1 saturated heterocycles. The molecular formula is C21H23F2NO4. The first-order valence-corrected chi connectivity index (χ1v) is 9.26. The molecule has 1 amide bonds. The van der Waals surface area contributed by atoms with Crippen molar-refractivity contribution in [2.24, 2.45) is 0 Å². The standard InChI is InChI=1S/C21H23F2NO4/c22-16-1-5-18(6-2-16)26-13-14-27-20-9-11-24(12-10-20)21(25)15-28-19-7-3-17(23)4-8-19/h1-8,20H,9-15H2. The lowest BCUT2D eigenvalue weighted by atomic mass is 10.1. The Bertz CT molecular complexity index is 744. The van der Waals surface area contributed by atoms with E-state index in [2.05, 4.69) is 0 Å². The van der Waals surface area contributed by atoms with Crippen molar-refractivity contribution in [3.8, 4) is 11.5 Å². The molecule has 5 nitrogen and oxygen atoms in total. The molecule has 0 radical (unpaired) electrons. The molecule has 0 bridgehead atoms. The average Bonchev–Trinajstić information content (AvgIpc) is 2.72. The van der Waals surface area contributed by atoms with Crippen molar-refractivity contribution < 1.29 is 27.8 Å². The highest BCUT2D eigenvalue weighted by Gasteiger charge is 2.23. The molecule has 1 fully saturated rings. The fourth-order valence-corrected chi connectivity index (χ4v) is 2.94. The summed E-state index contributed by atoms with van der Waals surface area (Å²) < 4.78 is 42.4. The lowest BCUT2D eigenvalue weighted by Gasteiger charge is -2.31. The number of carbonyl (C=O) groups is 1. The van der Waals surface area contributed by atoms with Crippen molar-refractivity contribution in [2.45, 2.75) is 18.9 Å². The molecule has 0 atom stereocenters. The zero-order valence-electron chi connectivity index (χ0n) is 15.5. The Hall–Kier alpha value is -2.67. The van der Waals surface area contributed by atoms with Gasteiger partial charge in [-0.15, -0.1) is 0 Å². The van der Waals surface area contributed by atoms with Gasteiger partial charge in [-0.25, -0.2) is 8.78 Å². The molecule has 1 aliphatic heterocycles. The van der Waals surface area contributed by atoms with E-state index < -0.39 is 0 Å². The highest BCUT2D eigenvalue weighted by Crippen LogP contribution is 2.16. The van der Waals surface area contributed by atoms with Gasteiger partial charge in [0.2, 0.25) is 0 Å². The van der Waals surface area contributed by atoms with E-state index in [-0.39, 0.29) is 30.3 Å². The second kappa shape index (κ2) is 10.0. The van der Waals surface area contributed by atoms with Gasteiger partial charge < -0.3 is 19.1 Å². The molecule has 1 aliphatic rings. The Kier molecular flexibility index (Phi) is 7.19. The molecule has 150 valence electrons. The van der Waals surface area contributed by atoms with Gasteiger partial charge in [-0.3, -0.25) is 4.79 Å². The molecule has 0 aliphatic carbocycles. The molecule has 0 spiro atoms. The van der Waals surface area contributed by atoms with Crippen LogP contribution in [0.1, 0.15) is 12.8 Å². The number of hydrogen-bond acceptors (Lipinski definition) is 4. The van der Waals surface area contributed by atoms with Gasteiger partial charge in [-0.2, -0.15) is 0 Å². The highest BCUT2D eigenvalue weighted by molar-refractivity contribution is 5.77. The number of hydrogen-bond donors (Lipinski definition) is 0. The number of likely N-dealkylation sites (tertiary alicyclic amines) is 1. The van der Waals surface area contributed by atoms with E-state index in [0.717, 1.165) is 12.8 Å². The fourth-order valence-electron chi connectivity index (χ4n) is 2.94. The van der Waals surface area contributed by atoms with E-state index in [1.54, 1.807) is 17.0 Å². The van der Waals surface area contributed by atoms with Crippen molar-refractivity contribution in [1.82, 2.24) is 4.90 Å². The number of nitrogens with zero attached hydrogens (tertiary/aromatic N) is 1. The minimum absolute atomic E-state index is 0.0668. The van der Waals surface area contributed by atoms with E-state index in [1.165, 1.54) is 36.4 Å². The second-order valence-electron chi connectivity index (χ2n) is 6.50. The van der Waals surface area contributed by atoms with Gasteiger partial charge in [0.05, 0.1) is 12.7 Å². The summed E-state index contributed by atoms with van der Waals surface area (Å²) in [4.78, 5) is 14.0. The third-order valence-electron chi connectivity index (χ3n) is 4.49. The topological polar surface area (TPSA) is 48.0 Å². The minimum atomic E-state index is -0.344. The Labute approximate surface area is 162 Å². The summed E-state index contributed by atoms with van der Waals surface area (Å²) >= 11 is 0. The van der Waals surface area contributed by atoms with Gasteiger partial charge in [0.25, 0.3) is 5.91 Å². The smallest absolute Gasteiger partial charge is 0.260 e. The maximum atomic E-state index is 12.9. The van der Waals surface area contributed by atoms with Crippen molar-refractivity contribution in [2.75, 3.05) is 32.9 Å². The largest absolute Gasteiger partial charge is 0.491 e. The van der Waals surface area contributed by atoms with E-state index in [0.29, 0.717) is 37.8 Å². The van der Waals surface area contributed by atoms with E-state index in [4.69, 9.17) is 14.2 Å². The molecular weight excluding hydrogens is 368 g/mol. The molecule has 0 unspecified atom stereocenters. The van der Waals surface area contributed by atoms with Crippen LogP contribution in [0, 0.1) is 11.6 Å². The Morgan fingerprint density at radius 1 is 0.857 bits per heavy atom. The van der Waals surface area contributed by atoms with Crippen LogP contribution < -0.4 is 9.47 Å². The van der Waals surface area contributed by atoms with Crippen LogP contribution in [0.5, 0.6) is 11.5 Å². The fraction of sp³-hybridized carbons (Fsp3) is 0.381. The number of benzene rings is 2. The quantitative estimate of drug-likeness (QED) is 0.647. The first-order chi connectivity index (χ1) is 13.6. The maximum Gasteiger partial charge on any atom is 0.260 e. The van der Waals surface area contributed by atoms with Gasteiger partial charge in [-0.05, 0) is 61.4 Å². The molecule has 3 rings (SSSR count). The van der Waals surface area contributed by atoms with Crippen LogP contribution in [0.15, 0.2) is 48.5 Å². The molecule has 7 heteroatoms. The summed E-state index contributed by atoms with van der Waals surface area (Å²) in [5, 5.41) is 0. The lowest BCUT2D eigenvalue weighted by Crippen LogP contribution is -2.43. The van der Waals surface area contributed by atoms with Crippen molar-refractivity contribution >= 4 is 5.91 Å². The minimum Gasteiger partial charge on any atom is -0.491 e. The third-order valence-corrected chi connectivity index (χ3v) is 4.49. The predicted molar refractivity (Wildman–Crippen MR) is 99.3 cm³/mol. The first-order valence-electron chi connectivity index (χ1n) is 9.26. The number of piperidine rings is 1. The van der Waals surface area contributed by atoms with Gasteiger partial charge in [-0.1, -0.05) is 0 Å². The summed E-state index contributed by atoms with van der Waals surface area (Å²) in [7, 11) is 0. The van der Waals surface area contributed by atoms with E-state index >= 15 is 0 Å². The maximum absolute atomic E-state index is 12.9. The molecule has 2 aromatic rings. The number of ether oxygens (including phenoxy) is 3. The summed E-state index contributed by atoms with van der Waals surface area (Å²) in [6, 6.07) is 11.4. The van der Waals surface area contributed by atoms with E-state index in [9.17, 15) is 13.6 Å². The summed E-state index contributed by atoms with van der Waals surface area (Å²) in [6.07, 6.45) is 1.58. The Morgan fingerprint density at radius 3 is 1.96 bits per heavy atom. The van der Waals surface area contributed by atoms with Crippen LogP contribution in [0.2, 0.25) is 0 Å². The van der Waals surface area contributed by atoms with Crippen molar-refractivity contribution in [3.63, 3.8) is 0 Å². The van der Waals surface area contributed by atoms with Crippen LogP contribution in [-0.2, 0) is 9.53 Å². The Morgan fingerprint density at radius 2 is 1.39 bits per heavy atom. The van der Waals surface area contributed by atoms with E-state index in [1.807, 2.05) is 0 Å². The first kappa shape index (κ1) is 20.1. The van der Waals surface area contributed by atoms with Crippen LogP contribution in [0.4, 0.5) is 8.78 Å². The molecule has 0 aromatic heterocycles. The van der Waals surface area contributed by atoms with Gasteiger partial charge in [0, 0.05) is 13.1 Å². The molecule has 0 N–H and O–H groups in total. The number of halogens is 2. The normalized spacial score (nSPS) is 14.7. The highest BCUT2D eigenvalue weighted by atomic mass is 19.1. The average molecular weight is 391 g/mol.